The second-order valence-corrected chi connectivity index (χ2v) is 6.10. The summed E-state index contributed by atoms with van der Waals surface area (Å²) in [6.45, 7) is 12.9. The van der Waals surface area contributed by atoms with E-state index in [-0.39, 0.29) is 10.8 Å². The van der Waals surface area contributed by atoms with Gasteiger partial charge in [0.1, 0.15) is 5.76 Å². The van der Waals surface area contributed by atoms with Crippen LogP contribution >= 0.6 is 0 Å². The van der Waals surface area contributed by atoms with Crippen molar-refractivity contribution < 1.29 is 5.11 Å². The molecule has 1 aliphatic rings. The predicted octanol–water partition coefficient (Wildman–Crippen LogP) is 4.22. The average Bonchev–Trinajstić information content (AvgIpc) is 1.93. The summed E-state index contributed by atoms with van der Waals surface area (Å²) in [4.78, 5) is 0. The summed E-state index contributed by atoms with van der Waals surface area (Å²) in [5.41, 5.74) is 2.41. The first kappa shape index (κ1) is 11.4. The van der Waals surface area contributed by atoms with Crippen LogP contribution in [0.25, 0.3) is 0 Å². The van der Waals surface area contributed by atoms with Crippen molar-refractivity contribution in [3.63, 3.8) is 0 Å². The number of aliphatic hydroxyl groups is 1. The first-order valence-corrected chi connectivity index (χ1v) is 5.26. The average molecular weight is 194 g/mol. The third-order valence-corrected chi connectivity index (χ3v) is 2.72. The molecule has 0 aromatic heterocycles. The summed E-state index contributed by atoms with van der Waals surface area (Å²) in [5.74, 6) is 0.511. The number of hydrogen-bond donors (Lipinski definition) is 1. The lowest BCUT2D eigenvalue weighted by Gasteiger charge is -2.34. The molecule has 0 aliphatic heterocycles. The van der Waals surface area contributed by atoms with Crippen LogP contribution in [0.2, 0.25) is 0 Å². The lowest BCUT2D eigenvalue weighted by Crippen LogP contribution is -2.22. The second kappa shape index (κ2) is 3.15. The first-order chi connectivity index (χ1) is 6.13. The molecule has 0 aromatic rings. The van der Waals surface area contributed by atoms with Crippen LogP contribution in [0.4, 0.5) is 0 Å². The maximum atomic E-state index is 10.0. The Morgan fingerprint density at radius 2 is 1.79 bits per heavy atom. The van der Waals surface area contributed by atoms with Crippen molar-refractivity contribution in [1.82, 2.24) is 0 Å². The summed E-state index contributed by atoms with van der Waals surface area (Å²) in [5, 5.41) is 10.0. The minimum atomic E-state index is 0.0308. The predicted molar refractivity (Wildman–Crippen MR) is 61.3 cm³/mol. The Kier molecular flexibility index (Phi) is 2.55. The second-order valence-electron chi connectivity index (χ2n) is 6.10. The maximum absolute atomic E-state index is 10.0. The van der Waals surface area contributed by atoms with Crippen molar-refractivity contribution in [2.24, 2.45) is 10.8 Å². The van der Waals surface area contributed by atoms with E-state index in [1.165, 1.54) is 0 Å². The highest BCUT2D eigenvalue weighted by Gasteiger charge is 2.30. The molecular weight excluding hydrogens is 172 g/mol. The van der Waals surface area contributed by atoms with E-state index in [9.17, 15) is 5.11 Å². The zero-order valence-corrected chi connectivity index (χ0v) is 10.2. The zero-order valence-electron chi connectivity index (χ0n) is 10.2. The van der Waals surface area contributed by atoms with Crippen molar-refractivity contribution in [1.29, 1.82) is 0 Å². The summed E-state index contributed by atoms with van der Waals surface area (Å²) >= 11 is 0. The van der Waals surface area contributed by atoms with Gasteiger partial charge in [-0.05, 0) is 35.3 Å². The maximum Gasteiger partial charge on any atom is 0.117 e. The normalized spacial score (nSPS) is 22.3. The van der Waals surface area contributed by atoms with E-state index in [1.54, 1.807) is 0 Å². The van der Waals surface area contributed by atoms with Gasteiger partial charge in [-0.25, -0.2) is 0 Å². The zero-order chi connectivity index (χ0) is 11.1. The largest absolute Gasteiger partial charge is 0.508 e. The van der Waals surface area contributed by atoms with Crippen molar-refractivity contribution >= 4 is 0 Å². The Morgan fingerprint density at radius 3 is 2.21 bits per heavy atom. The van der Waals surface area contributed by atoms with Crippen LogP contribution in [0.3, 0.4) is 0 Å². The van der Waals surface area contributed by atoms with Gasteiger partial charge in [0.15, 0.2) is 0 Å². The first-order valence-electron chi connectivity index (χ1n) is 5.26. The van der Waals surface area contributed by atoms with Crippen LogP contribution in [-0.4, -0.2) is 5.11 Å². The third kappa shape index (κ3) is 2.20. The molecule has 14 heavy (non-hydrogen) atoms. The van der Waals surface area contributed by atoms with Crippen molar-refractivity contribution in [3.8, 4) is 0 Å². The van der Waals surface area contributed by atoms with Crippen LogP contribution in [0.15, 0.2) is 23.0 Å². The fraction of sp³-hybridized carbons (Fsp3) is 0.692. The third-order valence-electron chi connectivity index (χ3n) is 2.72. The molecule has 0 heterocycles. The molecule has 0 radical (unpaired) electrons. The number of hydrogen-bond acceptors (Lipinski definition) is 1. The highest BCUT2D eigenvalue weighted by molar-refractivity contribution is 5.38. The van der Waals surface area contributed by atoms with Crippen LogP contribution in [0, 0.1) is 10.8 Å². The Bertz CT molecular complexity index is 294. The van der Waals surface area contributed by atoms with E-state index in [0.29, 0.717) is 5.76 Å². The van der Waals surface area contributed by atoms with Gasteiger partial charge in [0, 0.05) is 0 Å². The highest BCUT2D eigenvalue weighted by Crippen LogP contribution is 2.42. The summed E-state index contributed by atoms with van der Waals surface area (Å²) in [7, 11) is 0. The number of aliphatic hydroxyl groups excluding tert-OH is 1. The molecule has 1 nitrogen and oxygen atoms in total. The van der Waals surface area contributed by atoms with E-state index in [2.05, 4.69) is 40.7 Å². The highest BCUT2D eigenvalue weighted by atomic mass is 16.3. The molecule has 80 valence electrons. The fourth-order valence-electron chi connectivity index (χ4n) is 2.08. The van der Waals surface area contributed by atoms with E-state index in [1.807, 2.05) is 6.92 Å². The van der Waals surface area contributed by atoms with Crippen molar-refractivity contribution in [2.75, 3.05) is 0 Å². The molecule has 0 bridgehead atoms. The molecule has 0 fully saturated rings. The molecular formula is C13H22O. The van der Waals surface area contributed by atoms with Gasteiger partial charge < -0.3 is 5.11 Å². The number of allylic oxidation sites excluding steroid dienone is 3. The van der Waals surface area contributed by atoms with Gasteiger partial charge in [-0.15, -0.1) is 0 Å². The smallest absolute Gasteiger partial charge is 0.117 e. The molecule has 0 spiro atoms. The summed E-state index contributed by atoms with van der Waals surface area (Å²) < 4.78 is 0. The Hall–Kier alpha value is -0.720. The standard InChI is InChI=1S/C13H22O/c1-9-7-13(5,6)8-10(11(9)14)12(2,3)4/h8,14H,7H2,1-6H3. The van der Waals surface area contributed by atoms with Gasteiger partial charge >= 0.3 is 0 Å². The van der Waals surface area contributed by atoms with Crippen LogP contribution < -0.4 is 0 Å². The van der Waals surface area contributed by atoms with Crippen LogP contribution in [-0.2, 0) is 0 Å². The van der Waals surface area contributed by atoms with Crippen LogP contribution in [0.1, 0.15) is 48.0 Å². The Morgan fingerprint density at radius 1 is 1.29 bits per heavy atom. The fourth-order valence-corrected chi connectivity index (χ4v) is 2.08. The van der Waals surface area contributed by atoms with E-state index >= 15 is 0 Å². The van der Waals surface area contributed by atoms with Crippen molar-refractivity contribution in [2.45, 2.75) is 48.0 Å². The van der Waals surface area contributed by atoms with E-state index in [0.717, 1.165) is 17.6 Å². The van der Waals surface area contributed by atoms with Crippen LogP contribution in [0.5, 0.6) is 0 Å². The van der Waals surface area contributed by atoms with Gasteiger partial charge in [0.25, 0.3) is 0 Å². The van der Waals surface area contributed by atoms with E-state index in [4.69, 9.17) is 0 Å². The Balaban J connectivity index is 3.20. The topological polar surface area (TPSA) is 20.2 Å². The van der Waals surface area contributed by atoms with E-state index < -0.39 is 0 Å². The van der Waals surface area contributed by atoms with Gasteiger partial charge in [-0.1, -0.05) is 40.7 Å². The van der Waals surface area contributed by atoms with Gasteiger partial charge in [0.2, 0.25) is 0 Å². The molecule has 1 rings (SSSR count). The molecule has 1 aliphatic carbocycles. The quantitative estimate of drug-likeness (QED) is 0.612. The molecule has 0 unspecified atom stereocenters. The molecule has 0 amide bonds. The Labute approximate surface area is 87.5 Å². The van der Waals surface area contributed by atoms with Gasteiger partial charge in [0.05, 0.1) is 0 Å². The SMILES string of the molecule is CC1=C(O)C(C(C)(C)C)=CC(C)(C)C1. The molecule has 0 aromatic carbocycles. The van der Waals surface area contributed by atoms with Gasteiger partial charge in [-0.3, -0.25) is 0 Å². The molecule has 0 saturated heterocycles. The van der Waals surface area contributed by atoms with Crippen molar-refractivity contribution in [3.05, 3.63) is 23.0 Å². The minimum absolute atomic E-state index is 0.0308. The number of rotatable bonds is 0. The summed E-state index contributed by atoms with van der Waals surface area (Å²) in [6.07, 6.45) is 3.17. The lowest BCUT2D eigenvalue weighted by molar-refractivity contribution is 0.336. The molecule has 1 heteroatoms. The molecule has 1 N–H and O–H groups in total. The monoisotopic (exact) mass is 194 g/mol. The lowest BCUT2D eigenvalue weighted by atomic mass is 9.72. The van der Waals surface area contributed by atoms with Gasteiger partial charge in [-0.2, -0.15) is 0 Å². The molecule has 0 atom stereocenters. The minimum Gasteiger partial charge on any atom is -0.508 e. The summed E-state index contributed by atoms with van der Waals surface area (Å²) in [6, 6.07) is 0. The molecule has 0 saturated carbocycles.